The highest BCUT2D eigenvalue weighted by Gasteiger charge is 1.94. The minimum absolute atomic E-state index is 0.668. The van der Waals surface area contributed by atoms with Crippen molar-refractivity contribution >= 4 is 17.8 Å². The highest BCUT2D eigenvalue weighted by molar-refractivity contribution is 5.76. The number of carbonyl (C=O) groups excluding carboxylic acids is 1. The van der Waals surface area contributed by atoms with Gasteiger partial charge in [-0.1, -0.05) is 6.07 Å². The molecule has 0 atom stereocenters. The Morgan fingerprint density at radius 3 is 2.47 bits per heavy atom. The summed E-state index contributed by atoms with van der Waals surface area (Å²) >= 11 is 0. The molecule has 1 aromatic heterocycles. The van der Waals surface area contributed by atoms with Gasteiger partial charge in [0.2, 0.25) is 0 Å². The fourth-order valence-corrected chi connectivity index (χ4v) is 1.23. The molecule has 0 saturated heterocycles. The Morgan fingerprint density at radius 1 is 1.07 bits per heavy atom. The van der Waals surface area contributed by atoms with E-state index in [1.165, 1.54) is 0 Å². The molecule has 1 N–H and O–H groups in total. The normalized spacial score (nSPS) is 9.60. The van der Waals surface area contributed by atoms with E-state index in [-0.39, 0.29) is 0 Å². The van der Waals surface area contributed by atoms with Crippen LogP contribution in [0.1, 0.15) is 10.4 Å². The average Bonchev–Trinajstić information content (AvgIpc) is 2.31. The minimum Gasteiger partial charge on any atom is -0.340 e. The molecule has 15 heavy (non-hydrogen) atoms. The van der Waals surface area contributed by atoms with E-state index in [0.717, 1.165) is 17.8 Å². The molecule has 3 nitrogen and oxygen atoms in total. The van der Waals surface area contributed by atoms with Crippen LogP contribution in [0.5, 0.6) is 0 Å². The molecule has 0 bridgehead atoms. The number of carbonyl (C=O) groups is 1. The third-order valence-corrected chi connectivity index (χ3v) is 1.98. The monoisotopic (exact) mass is 198 g/mol. The van der Waals surface area contributed by atoms with E-state index in [0.29, 0.717) is 5.56 Å². The lowest BCUT2D eigenvalue weighted by Crippen LogP contribution is -1.92. The third-order valence-electron chi connectivity index (χ3n) is 1.98. The summed E-state index contributed by atoms with van der Waals surface area (Å²) in [6.07, 6.45) is 2.55. The molecule has 1 aromatic carbocycles. The Morgan fingerprint density at radius 2 is 1.87 bits per heavy atom. The van der Waals surface area contributed by atoms with E-state index in [2.05, 4.69) is 10.3 Å². The second kappa shape index (κ2) is 4.37. The second-order valence-corrected chi connectivity index (χ2v) is 3.08. The highest BCUT2D eigenvalue weighted by Crippen LogP contribution is 2.13. The molecule has 0 aliphatic heterocycles. The van der Waals surface area contributed by atoms with E-state index in [1.54, 1.807) is 18.3 Å². The van der Waals surface area contributed by atoms with E-state index >= 15 is 0 Å². The van der Waals surface area contributed by atoms with Crippen molar-refractivity contribution in [2.45, 2.75) is 0 Å². The van der Waals surface area contributed by atoms with Crippen LogP contribution in [-0.4, -0.2) is 11.3 Å². The smallest absolute Gasteiger partial charge is 0.150 e. The lowest BCUT2D eigenvalue weighted by Gasteiger charge is -2.04. The van der Waals surface area contributed by atoms with E-state index in [1.807, 2.05) is 30.3 Å². The van der Waals surface area contributed by atoms with Crippen LogP contribution >= 0.6 is 0 Å². The molecule has 3 heteroatoms. The number of aldehydes is 1. The van der Waals surface area contributed by atoms with Crippen LogP contribution in [-0.2, 0) is 0 Å². The molecule has 0 fully saturated rings. The number of rotatable bonds is 3. The molecule has 0 amide bonds. The largest absolute Gasteiger partial charge is 0.340 e. The van der Waals surface area contributed by atoms with Gasteiger partial charge in [-0.15, -0.1) is 0 Å². The van der Waals surface area contributed by atoms with Gasteiger partial charge in [-0.2, -0.15) is 0 Å². The molecule has 1 heterocycles. The van der Waals surface area contributed by atoms with Crippen molar-refractivity contribution < 1.29 is 4.79 Å². The van der Waals surface area contributed by atoms with Crippen LogP contribution in [0.4, 0.5) is 11.5 Å². The minimum atomic E-state index is 0.668. The molecule has 0 aliphatic rings. The van der Waals surface area contributed by atoms with E-state index in [9.17, 15) is 4.79 Å². The summed E-state index contributed by atoms with van der Waals surface area (Å²) in [7, 11) is 0. The van der Waals surface area contributed by atoms with Gasteiger partial charge >= 0.3 is 0 Å². The van der Waals surface area contributed by atoms with Crippen molar-refractivity contribution in [2.24, 2.45) is 0 Å². The lowest BCUT2D eigenvalue weighted by atomic mass is 10.2. The van der Waals surface area contributed by atoms with Crippen LogP contribution < -0.4 is 5.32 Å². The maximum absolute atomic E-state index is 10.4. The molecule has 0 saturated carbocycles. The van der Waals surface area contributed by atoms with Crippen LogP contribution in [0, 0.1) is 0 Å². The maximum atomic E-state index is 10.4. The summed E-state index contributed by atoms with van der Waals surface area (Å²) in [6, 6.07) is 12.9. The zero-order chi connectivity index (χ0) is 10.5. The first-order valence-electron chi connectivity index (χ1n) is 4.62. The summed E-state index contributed by atoms with van der Waals surface area (Å²) < 4.78 is 0. The van der Waals surface area contributed by atoms with Crippen molar-refractivity contribution in [3.63, 3.8) is 0 Å². The van der Waals surface area contributed by atoms with Crippen LogP contribution in [0.3, 0.4) is 0 Å². The van der Waals surface area contributed by atoms with Gasteiger partial charge < -0.3 is 5.32 Å². The van der Waals surface area contributed by atoms with Crippen molar-refractivity contribution in [1.29, 1.82) is 0 Å². The van der Waals surface area contributed by atoms with Gasteiger partial charge in [0.1, 0.15) is 12.1 Å². The molecule has 0 spiro atoms. The van der Waals surface area contributed by atoms with E-state index < -0.39 is 0 Å². The SMILES string of the molecule is O=Cc1ccc(Nc2ccccn2)cc1. The molecule has 2 rings (SSSR count). The number of aromatic nitrogens is 1. The predicted molar refractivity (Wildman–Crippen MR) is 59.3 cm³/mol. The maximum Gasteiger partial charge on any atom is 0.150 e. The highest BCUT2D eigenvalue weighted by atomic mass is 16.1. The van der Waals surface area contributed by atoms with Crippen molar-refractivity contribution in [2.75, 3.05) is 5.32 Å². The Balaban J connectivity index is 2.15. The van der Waals surface area contributed by atoms with Crippen LogP contribution in [0.15, 0.2) is 48.7 Å². The standard InChI is InChI=1S/C12H10N2O/c15-9-10-4-6-11(7-5-10)14-12-3-1-2-8-13-12/h1-9H,(H,13,14). The average molecular weight is 198 g/mol. The zero-order valence-corrected chi connectivity index (χ0v) is 8.05. The summed E-state index contributed by atoms with van der Waals surface area (Å²) in [6.45, 7) is 0. The summed E-state index contributed by atoms with van der Waals surface area (Å²) in [5.41, 5.74) is 1.58. The third kappa shape index (κ3) is 2.40. The summed E-state index contributed by atoms with van der Waals surface area (Å²) in [4.78, 5) is 14.6. The summed E-state index contributed by atoms with van der Waals surface area (Å²) in [5, 5.41) is 3.13. The molecular formula is C12H10N2O. The van der Waals surface area contributed by atoms with Crippen molar-refractivity contribution in [3.8, 4) is 0 Å². The van der Waals surface area contributed by atoms with Gasteiger partial charge in [-0.25, -0.2) is 4.98 Å². The van der Waals surface area contributed by atoms with E-state index in [4.69, 9.17) is 0 Å². The lowest BCUT2D eigenvalue weighted by molar-refractivity contribution is 0.112. The van der Waals surface area contributed by atoms with Crippen molar-refractivity contribution in [3.05, 3.63) is 54.2 Å². The Bertz CT molecular complexity index is 437. The second-order valence-electron chi connectivity index (χ2n) is 3.08. The predicted octanol–water partition coefficient (Wildman–Crippen LogP) is 2.64. The number of hydrogen-bond acceptors (Lipinski definition) is 3. The molecule has 74 valence electrons. The Hall–Kier alpha value is -2.16. The molecule has 0 unspecified atom stereocenters. The first-order chi connectivity index (χ1) is 7.38. The topological polar surface area (TPSA) is 42.0 Å². The number of nitrogens with zero attached hydrogens (tertiary/aromatic N) is 1. The number of hydrogen-bond donors (Lipinski definition) is 1. The zero-order valence-electron chi connectivity index (χ0n) is 8.05. The van der Waals surface area contributed by atoms with Gasteiger partial charge in [-0.3, -0.25) is 4.79 Å². The van der Waals surface area contributed by atoms with Crippen molar-refractivity contribution in [1.82, 2.24) is 4.98 Å². The Labute approximate surface area is 87.8 Å². The molecule has 0 aliphatic carbocycles. The van der Waals surface area contributed by atoms with Gasteiger partial charge in [0.15, 0.2) is 0 Å². The molecule has 2 aromatic rings. The quantitative estimate of drug-likeness (QED) is 0.771. The fraction of sp³-hybridized carbons (Fsp3) is 0. The van der Waals surface area contributed by atoms with Crippen LogP contribution in [0.25, 0.3) is 0 Å². The first-order valence-corrected chi connectivity index (χ1v) is 4.62. The first kappa shape index (κ1) is 9.40. The number of pyridine rings is 1. The fourth-order valence-electron chi connectivity index (χ4n) is 1.23. The number of benzene rings is 1. The summed E-state index contributed by atoms with van der Waals surface area (Å²) in [5.74, 6) is 0.788. The van der Waals surface area contributed by atoms with Gasteiger partial charge in [0.25, 0.3) is 0 Å². The number of anilines is 2. The molecule has 0 radical (unpaired) electrons. The van der Waals surface area contributed by atoms with Gasteiger partial charge in [0, 0.05) is 17.4 Å². The number of nitrogens with one attached hydrogen (secondary N) is 1. The Kier molecular flexibility index (Phi) is 2.74. The molecular weight excluding hydrogens is 188 g/mol. The van der Waals surface area contributed by atoms with Crippen LogP contribution in [0.2, 0.25) is 0 Å². The van der Waals surface area contributed by atoms with Gasteiger partial charge in [0.05, 0.1) is 0 Å². The van der Waals surface area contributed by atoms with Gasteiger partial charge in [-0.05, 0) is 36.4 Å².